The third-order valence-corrected chi connectivity index (χ3v) is 7.84. The molecular formula is C9H11N2Na4O14P3S. The third kappa shape index (κ3) is 13.3. The minimum Gasteiger partial charge on any atom is -0.790 e. The van der Waals surface area contributed by atoms with Crippen molar-refractivity contribution in [3.63, 3.8) is 0 Å². The van der Waals surface area contributed by atoms with Gasteiger partial charge in [0, 0.05) is 12.3 Å². The number of nitrogens with zero attached hydrogens (tertiary/aromatic N) is 1. The summed E-state index contributed by atoms with van der Waals surface area (Å²) in [6, 6.07) is 0.926. The molecule has 24 heteroatoms. The van der Waals surface area contributed by atoms with E-state index >= 15 is 0 Å². The largest absolute Gasteiger partial charge is 1.00 e. The first-order valence-corrected chi connectivity index (χ1v) is 12.6. The van der Waals surface area contributed by atoms with Crippen LogP contribution in [0.15, 0.2) is 21.9 Å². The van der Waals surface area contributed by atoms with Crippen molar-refractivity contribution >= 4 is 34.2 Å². The molecule has 0 radical (unpaired) electrons. The summed E-state index contributed by atoms with van der Waals surface area (Å²) in [5.41, 5.74) is -1.73. The summed E-state index contributed by atoms with van der Waals surface area (Å²) in [5.74, 6) is 0. The Morgan fingerprint density at radius 1 is 1.06 bits per heavy atom. The van der Waals surface area contributed by atoms with Crippen LogP contribution in [0.3, 0.4) is 0 Å². The molecule has 1 aromatic heterocycles. The number of rotatable bonds is 8. The van der Waals surface area contributed by atoms with Gasteiger partial charge in [-0.1, -0.05) is 11.8 Å². The number of aromatic amines is 1. The molecule has 166 valence electrons. The maximum Gasteiger partial charge on any atom is 1.00 e. The van der Waals surface area contributed by atoms with Gasteiger partial charge in [-0.3, -0.25) is 27.5 Å². The summed E-state index contributed by atoms with van der Waals surface area (Å²) in [6.07, 6.45) is -5.58. The van der Waals surface area contributed by atoms with E-state index in [9.17, 15) is 48.5 Å². The SMILES string of the molecule is O=c1ccn(C2OC(COP([O-])(=S)OP(=O)([O-])OP(=O)([O-])[O-])C(O)C2O)c(=O)[nH]1.[Na+].[Na+].[Na+].[Na+]. The van der Waals surface area contributed by atoms with Crippen LogP contribution >= 0.6 is 22.4 Å². The van der Waals surface area contributed by atoms with Gasteiger partial charge in [-0.25, -0.2) is 4.79 Å². The summed E-state index contributed by atoms with van der Waals surface area (Å²) in [6.45, 7) is -5.97. The quantitative estimate of drug-likeness (QED) is 0.188. The first-order valence-electron chi connectivity index (χ1n) is 7.15. The van der Waals surface area contributed by atoms with Crippen molar-refractivity contribution in [3.05, 3.63) is 33.1 Å². The summed E-state index contributed by atoms with van der Waals surface area (Å²) >= 11 is 4.21. The summed E-state index contributed by atoms with van der Waals surface area (Å²) in [7, 11) is -12.0. The average Bonchev–Trinajstić information content (AvgIpc) is 2.78. The molecule has 1 aliphatic rings. The van der Waals surface area contributed by atoms with E-state index in [1.807, 2.05) is 4.98 Å². The van der Waals surface area contributed by atoms with Crippen molar-refractivity contribution in [2.24, 2.45) is 0 Å². The van der Waals surface area contributed by atoms with Crippen LogP contribution in [-0.4, -0.2) is 44.7 Å². The van der Waals surface area contributed by atoms with Crippen LogP contribution in [0.2, 0.25) is 0 Å². The molecule has 33 heavy (non-hydrogen) atoms. The van der Waals surface area contributed by atoms with E-state index in [0.717, 1.165) is 16.8 Å². The second-order valence-corrected chi connectivity index (χ2v) is 11.0. The van der Waals surface area contributed by atoms with Crippen LogP contribution < -0.4 is 149 Å². The van der Waals surface area contributed by atoms with Gasteiger partial charge in [-0.2, -0.15) is 0 Å². The van der Waals surface area contributed by atoms with Crippen LogP contribution in [-0.2, 0) is 38.8 Å². The van der Waals surface area contributed by atoms with Crippen LogP contribution in [0, 0.1) is 0 Å². The van der Waals surface area contributed by atoms with E-state index in [4.69, 9.17) is 4.74 Å². The molecular weight excluding hydrogens is 577 g/mol. The number of H-pyrrole nitrogens is 1. The molecule has 6 atom stereocenters. The Hall–Kier alpha value is 3.39. The normalized spacial score (nSPS) is 25.8. The zero-order valence-electron chi connectivity index (χ0n) is 17.7. The van der Waals surface area contributed by atoms with E-state index in [-0.39, 0.29) is 118 Å². The van der Waals surface area contributed by atoms with Gasteiger partial charge >= 0.3 is 124 Å². The zero-order valence-corrected chi connectivity index (χ0v) is 29.2. The average molecular weight is 588 g/mol. The molecule has 1 aromatic rings. The Kier molecular flexibility index (Phi) is 20.4. The fourth-order valence-corrected chi connectivity index (χ4v) is 5.96. The van der Waals surface area contributed by atoms with E-state index in [2.05, 4.69) is 25.0 Å². The summed E-state index contributed by atoms with van der Waals surface area (Å²) < 4.78 is 38.7. The topological polar surface area (TPSA) is 259 Å². The van der Waals surface area contributed by atoms with Crippen molar-refractivity contribution in [1.29, 1.82) is 0 Å². The van der Waals surface area contributed by atoms with E-state index < -0.39 is 64.8 Å². The van der Waals surface area contributed by atoms with Crippen LogP contribution in [0.4, 0.5) is 0 Å². The summed E-state index contributed by atoms with van der Waals surface area (Å²) in [5, 5.41) is 19.9. The van der Waals surface area contributed by atoms with E-state index in [1.54, 1.807) is 0 Å². The van der Waals surface area contributed by atoms with Gasteiger partial charge in [-0.05, 0) is 0 Å². The third-order valence-electron chi connectivity index (χ3n) is 3.26. The molecule has 0 spiro atoms. The van der Waals surface area contributed by atoms with Crippen LogP contribution in [0.25, 0.3) is 0 Å². The molecule has 6 unspecified atom stereocenters. The molecule has 1 fully saturated rings. The minimum atomic E-state index is -6.06. The zero-order chi connectivity index (χ0) is 22.2. The molecule has 0 bridgehead atoms. The Bertz CT molecular complexity index is 1020. The minimum absolute atomic E-state index is 0. The van der Waals surface area contributed by atoms with Crippen molar-refractivity contribution in [1.82, 2.24) is 9.55 Å². The molecule has 1 aliphatic heterocycles. The van der Waals surface area contributed by atoms with Crippen LogP contribution in [0.1, 0.15) is 6.23 Å². The number of aliphatic hydroxyl groups excluding tert-OH is 2. The fourth-order valence-electron chi connectivity index (χ4n) is 2.17. The van der Waals surface area contributed by atoms with Gasteiger partial charge in [0.1, 0.15) is 25.0 Å². The van der Waals surface area contributed by atoms with E-state index in [1.165, 1.54) is 0 Å². The second kappa shape index (κ2) is 16.5. The second-order valence-electron chi connectivity index (χ2n) is 5.36. The fraction of sp³-hybridized carbons (Fsp3) is 0.556. The monoisotopic (exact) mass is 588 g/mol. The Labute approximate surface area is 279 Å². The number of hydrogen-bond acceptors (Lipinski definition) is 15. The maximum atomic E-state index is 11.8. The summed E-state index contributed by atoms with van der Waals surface area (Å²) in [4.78, 5) is 68.3. The van der Waals surface area contributed by atoms with Gasteiger partial charge in [-0.15, -0.1) is 0 Å². The molecule has 2 rings (SSSR count). The van der Waals surface area contributed by atoms with Crippen molar-refractivity contribution in [2.45, 2.75) is 24.5 Å². The first kappa shape index (κ1) is 40.9. The Morgan fingerprint density at radius 2 is 1.61 bits per heavy atom. The number of phosphoric acid groups is 2. The first-order chi connectivity index (χ1) is 13.1. The van der Waals surface area contributed by atoms with Crippen molar-refractivity contribution < 1.29 is 175 Å². The molecule has 0 aromatic carbocycles. The van der Waals surface area contributed by atoms with Crippen molar-refractivity contribution in [2.75, 3.05) is 6.61 Å². The Morgan fingerprint density at radius 3 is 2.09 bits per heavy atom. The molecule has 0 aliphatic carbocycles. The van der Waals surface area contributed by atoms with Gasteiger partial charge in [0.15, 0.2) is 6.23 Å². The molecule has 16 nitrogen and oxygen atoms in total. The molecule has 3 N–H and O–H groups in total. The van der Waals surface area contributed by atoms with Gasteiger partial charge in [0.25, 0.3) is 13.4 Å². The number of aliphatic hydroxyl groups is 2. The Balaban J connectivity index is -0.00000225. The van der Waals surface area contributed by atoms with Gasteiger partial charge in [0.05, 0.1) is 14.4 Å². The maximum absolute atomic E-state index is 11.8. The standard InChI is InChI=1S/C9H15N2O14P3S.4Na/c12-5-1-2-11(9(15)10-5)8-7(14)6(13)4(23-8)3-22-28(21,29)25-27(19,20)24-26(16,17)18;;;;/h1-2,4,6-8,13-14H,3H2,(H,19,20)(H,21,29)(H,10,12,15)(H2,16,17,18);;;;/q;4*+1/p-4. The number of ether oxygens (including phenoxy) is 1. The molecule has 1 saturated heterocycles. The number of nitrogens with one attached hydrogen (secondary N) is 1. The van der Waals surface area contributed by atoms with Gasteiger partial charge in [0.2, 0.25) is 0 Å². The smallest absolute Gasteiger partial charge is 0.790 e. The predicted octanol–water partition coefficient (Wildman–Crippen LogP) is -16.9. The van der Waals surface area contributed by atoms with Gasteiger partial charge < -0.3 is 43.6 Å². The van der Waals surface area contributed by atoms with Crippen LogP contribution in [0.5, 0.6) is 0 Å². The molecule has 2 heterocycles. The molecule has 0 amide bonds. The number of aromatic nitrogens is 2. The van der Waals surface area contributed by atoms with Crippen molar-refractivity contribution in [3.8, 4) is 0 Å². The predicted molar refractivity (Wildman–Crippen MR) is 84.9 cm³/mol. The van der Waals surface area contributed by atoms with E-state index in [0.29, 0.717) is 0 Å². The molecule has 0 saturated carbocycles. The number of hydrogen-bond donors (Lipinski definition) is 3.